The van der Waals surface area contributed by atoms with Crippen LogP contribution in [0.1, 0.15) is 41.6 Å². The molecule has 1 unspecified atom stereocenters. The molecule has 5 rings (SSSR count). The number of likely N-dealkylation sites (tertiary alicyclic amines) is 1. The maximum atomic E-state index is 12.8. The number of aliphatic hydroxyl groups is 1. The van der Waals surface area contributed by atoms with Crippen molar-refractivity contribution in [1.82, 2.24) is 15.1 Å². The van der Waals surface area contributed by atoms with Crippen LogP contribution in [0.2, 0.25) is 0 Å². The molecule has 8 nitrogen and oxygen atoms in total. The van der Waals surface area contributed by atoms with E-state index in [1.54, 1.807) is 4.90 Å². The molecule has 4 aliphatic heterocycles. The molecule has 0 bridgehead atoms. The number of carbonyl (C=O) groups is 3. The van der Waals surface area contributed by atoms with Gasteiger partial charge in [-0.05, 0) is 43.0 Å². The number of hydrogen-bond acceptors (Lipinski definition) is 6. The summed E-state index contributed by atoms with van der Waals surface area (Å²) in [7, 11) is 0. The minimum absolute atomic E-state index is 0.130. The van der Waals surface area contributed by atoms with E-state index in [0.717, 1.165) is 50.3 Å². The predicted octanol–water partition coefficient (Wildman–Crippen LogP) is 0.0929. The molecule has 1 atom stereocenters. The van der Waals surface area contributed by atoms with Crippen LogP contribution in [-0.4, -0.2) is 77.0 Å². The second-order valence-electron chi connectivity index (χ2n) is 8.57. The summed E-state index contributed by atoms with van der Waals surface area (Å²) in [5.41, 5.74) is 2.71. The van der Waals surface area contributed by atoms with Crippen LogP contribution >= 0.6 is 0 Å². The van der Waals surface area contributed by atoms with E-state index < -0.39 is 6.04 Å². The lowest BCUT2D eigenvalue weighted by Gasteiger charge is -2.48. The second kappa shape index (κ2) is 7.11. The molecule has 29 heavy (non-hydrogen) atoms. The number of aliphatic hydroxyl groups excluding tert-OH is 1. The quantitative estimate of drug-likeness (QED) is 0.702. The summed E-state index contributed by atoms with van der Waals surface area (Å²) in [6.45, 7) is 4.24. The molecule has 0 saturated carbocycles. The molecule has 3 amide bonds. The van der Waals surface area contributed by atoms with Crippen molar-refractivity contribution in [2.45, 2.75) is 50.4 Å². The van der Waals surface area contributed by atoms with Gasteiger partial charge in [0.2, 0.25) is 11.8 Å². The van der Waals surface area contributed by atoms with Gasteiger partial charge in [0.15, 0.2) is 0 Å². The van der Waals surface area contributed by atoms with Crippen molar-refractivity contribution in [2.24, 2.45) is 0 Å². The van der Waals surface area contributed by atoms with E-state index in [4.69, 9.17) is 0 Å². The number of benzene rings is 1. The van der Waals surface area contributed by atoms with Crippen molar-refractivity contribution in [1.29, 1.82) is 0 Å². The molecule has 3 saturated heterocycles. The number of anilines is 1. The first-order valence-electron chi connectivity index (χ1n) is 10.4. The number of imide groups is 1. The summed E-state index contributed by atoms with van der Waals surface area (Å²) in [5.74, 6) is -0.775. The van der Waals surface area contributed by atoms with Gasteiger partial charge in [-0.3, -0.25) is 24.6 Å². The van der Waals surface area contributed by atoms with Crippen LogP contribution in [0.3, 0.4) is 0 Å². The predicted molar refractivity (Wildman–Crippen MR) is 105 cm³/mol. The molecule has 2 N–H and O–H groups in total. The Morgan fingerprint density at radius 2 is 1.79 bits per heavy atom. The number of rotatable bonds is 3. The Labute approximate surface area is 169 Å². The summed E-state index contributed by atoms with van der Waals surface area (Å²) in [6, 6.07) is 5.87. The highest BCUT2D eigenvalue weighted by Gasteiger charge is 2.40. The number of fused-ring (bicyclic) bond motifs is 1. The number of nitrogens with zero attached hydrogens (tertiary/aromatic N) is 3. The highest BCUT2D eigenvalue weighted by atomic mass is 16.3. The number of hydrogen-bond donors (Lipinski definition) is 2. The fourth-order valence-corrected chi connectivity index (χ4v) is 4.91. The molecule has 1 aromatic rings. The van der Waals surface area contributed by atoms with Gasteiger partial charge in [-0.25, -0.2) is 0 Å². The van der Waals surface area contributed by atoms with Crippen molar-refractivity contribution in [3.8, 4) is 0 Å². The molecule has 3 fully saturated rings. The normalized spacial score (nSPS) is 26.5. The van der Waals surface area contributed by atoms with Gasteiger partial charge in [0.25, 0.3) is 5.91 Å². The molecule has 0 aromatic heterocycles. The van der Waals surface area contributed by atoms with Gasteiger partial charge in [-0.15, -0.1) is 0 Å². The standard InChI is InChI=1S/C21H26N4O4/c26-16-5-7-23(8-6-16)15-11-24(12-15)14-1-2-17-13(9-14)10-25(21(17)29)18-3-4-19(27)22-20(18)28/h1-2,9,15-16,18,26H,3-8,10-12H2,(H,22,27,28). The Balaban J connectivity index is 1.24. The number of amides is 3. The molecule has 4 heterocycles. The summed E-state index contributed by atoms with van der Waals surface area (Å²) >= 11 is 0. The molecule has 1 aromatic carbocycles. The first-order chi connectivity index (χ1) is 14.0. The van der Waals surface area contributed by atoms with Crippen molar-refractivity contribution < 1.29 is 19.5 Å². The van der Waals surface area contributed by atoms with Gasteiger partial charge in [0.1, 0.15) is 6.04 Å². The van der Waals surface area contributed by atoms with Crippen molar-refractivity contribution in [2.75, 3.05) is 31.1 Å². The maximum Gasteiger partial charge on any atom is 0.255 e. The third kappa shape index (κ3) is 3.30. The Morgan fingerprint density at radius 3 is 2.52 bits per heavy atom. The van der Waals surface area contributed by atoms with Crippen LogP contribution in [0, 0.1) is 0 Å². The number of nitrogens with one attached hydrogen (secondary N) is 1. The van der Waals surface area contributed by atoms with E-state index in [9.17, 15) is 19.5 Å². The van der Waals surface area contributed by atoms with Gasteiger partial charge >= 0.3 is 0 Å². The van der Waals surface area contributed by atoms with Crippen LogP contribution in [0.5, 0.6) is 0 Å². The number of piperidine rings is 2. The van der Waals surface area contributed by atoms with Crippen LogP contribution in [0.4, 0.5) is 5.69 Å². The van der Waals surface area contributed by atoms with E-state index >= 15 is 0 Å². The summed E-state index contributed by atoms with van der Waals surface area (Å²) in [6.07, 6.45) is 2.21. The van der Waals surface area contributed by atoms with E-state index in [1.165, 1.54) is 0 Å². The van der Waals surface area contributed by atoms with E-state index in [2.05, 4.69) is 21.2 Å². The monoisotopic (exact) mass is 398 g/mol. The van der Waals surface area contributed by atoms with Gasteiger partial charge < -0.3 is 14.9 Å². The van der Waals surface area contributed by atoms with Gasteiger partial charge in [0.05, 0.1) is 6.10 Å². The molecular formula is C21H26N4O4. The van der Waals surface area contributed by atoms with Crippen molar-refractivity contribution in [3.05, 3.63) is 29.3 Å². The molecule has 4 aliphatic rings. The van der Waals surface area contributed by atoms with E-state index in [1.807, 2.05) is 12.1 Å². The van der Waals surface area contributed by atoms with Gasteiger partial charge in [-0.1, -0.05) is 0 Å². The highest BCUT2D eigenvalue weighted by molar-refractivity contribution is 6.05. The summed E-state index contributed by atoms with van der Waals surface area (Å²) in [4.78, 5) is 42.7. The molecule has 154 valence electrons. The van der Waals surface area contributed by atoms with Crippen LogP contribution in [0.25, 0.3) is 0 Å². The Kier molecular flexibility index (Phi) is 4.55. The average molecular weight is 398 g/mol. The Morgan fingerprint density at radius 1 is 1.03 bits per heavy atom. The van der Waals surface area contributed by atoms with Crippen LogP contribution in [-0.2, 0) is 16.1 Å². The third-order valence-corrected chi connectivity index (χ3v) is 6.75. The number of carbonyl (C=O) groups excluding carboxylic acids is 3. The van der Waals surface area contributed by atoms with Crippen molar-refractivity contribution in [3.63, 3.8) is 0 Å². The zero-order chi connectivity index (χ0) is 20.1. The Bertz CT molecular complexity index is 858. The average Bonchev–Trinajstić information content (AvgIpc) is 2.98. The minimum atomic E-state index is -0.570. The van der Waals surface area contributed by atoms with E-state index in [0.29, 0.717) is 24.6 Å². The second-order valence-corrected chi connectivity index (χ2v) is 8.57. The first kappa shape index (κ1) is 18.6. The molecule has 0 radical (unpaired) electrons. The molecule has 0 spiro atoms. The lowest BCUT2D eigenvalue weighted by Crippen LogP contribution is -2.61. The fraction of sp³-hybridized carbons (Fsp3) is 0.571. The zero-order valence-electron chi connectivity index (χ0n) is 16.3. The summed E-state index contributed by atoms with van der Waals surface area (Å²) < 4.78 is 0. The lowest BCUT2D eigenvalue weighted by molar-refractivity contribution is -0.136. The molecule has 0 aliphatic carbocycles. The maximum absolute atomic E-state index is 12.8. The third-order valence-electron chi connectivity index (χ3n) is 6.75. The van der Waals surface area contributed by atoms with E-state index in [-0.39, 0.29) is 30.2 Å². The van der Waals surface area contributed by atoms with Crippen LogP contribution < -0.4 is 10.2 Å². The molecule has 8 heteroatoms. The van der Waals surface area contributed by atoms with Gasteiger partial charge in [0, 0.05) is 56.4 Å². The SMILES string of the molecule is O=C1CCC(N2Cc3cc(N4CC(N5CCC(O)CC5)C4)ccc3C2=O)C(=O)N1. The lowest BCUT2D eigenvalue weighted by atomic mass is 9.99. The molecular weight excluding hydrogens is 372 g/mol. The van der Waals surface area contributed by atoms with Crippen LogP contribution in [0.15, 0.2) is 18.2 Å². The zero-order valence-corrected chi connectivity index (χ0v) is 16.3. The minimum Gasteiger partial charge on any atom is -0.393 e. The largest absolute Gasteiger partial charge is 0.393 e. The fourth-order valence-electron chi connectivity index (χ4n) is 4.91. The summed E-state index contributed by atoms with van der Waals surface area (Å²) in [5, 5.41) is 12.0. The smallest absolute Gasteiger partial charge is 0.255 e. The topological polar surface area (TPSA) is 93.2 Å². The highest BCUT2D eigenvalue weighted by Crippen LogP contribution is 2.33. The Hall–Kier alpha value is -2.45. The van der Waals surface area contributed by atoms with Crippen molar-refractivity contribution >= 4 is 23.4 Å². The first-order valence-corrected chi connectivity index (χ1v) is 10.4. The van der Waals surface area contributed by atoms with Gasteiger partial charge in [-0.2, -0.15) is 0 Å².